The molecule has 0 bridgehead atoms. The summed E-state index contributed by atoms with van der Waals surface area (Å²) in [6, 6.07) is 18.8. The van der Waals surface area contributed by atoms with Crippen LogP contribution < -0.4 is 10.2 Å². The molecule has 2 amide bonds. The number of nitrogens with zero attached hydrogens (tertiary/aromatic N) is 3. The Morgan fingerprint density at radius 2 is 1.79 bits per heavy atom. The highest BCUT2D eigenvalue weighted by Gasteiger charge is 2.36. The van der Waals surface area contributed by atoms with E-state index in [1.165, 1.54) is 17.0 Å². The van der Waals surface area contributed by atoms with E-state index < -0.39 is 0 Å². The van der Waals surface area contributed by atoms with Crippen molar-refractivity contribution in [2.24, 2.45) is 10.2 Å². The Labute approximate surface area is 212 Å². The van der Waals surface area contributed by atoms with Gasteiger partial charge in [-0.15, -0.1) is 10.2 Å². The van der Waals surface area contributed by atoms with Crippen LogP contribution in [0.15, 0.2) is 86.3 Å². The Kier molecular flexibility index (Phi) is 5.99. The number of anilines is 2. The first-order valence-electron chi connectivity index (χ1n) is 9.95. The Hall–Kier alpha value is -3.40. The summed E-state index contributed by atoms with van der Waals surface area (Å²) in [6.45, 7) is 0. The molecule has 2 N–H and O–H groups in total. The number of aromatic hydroxyl groups is 1. The van der Waals surface area contributed by atoms with Gasteiger partial charge in [-0.3, -0.25) is 14.5 Å². The number of fused-ring (bicyclic) bond motifs is 1. The van der Waals surface area contributed by atoms with Crippen molar-refractivity contribution in [2.45, 2.75) is 0 Å². The lowest BCUT2D eigenvalue weighted by Gasteiger charge is -2.16. The van der Waals surface area contributed by atoms with E-state index in [2.05, 4.69) is 31.4 Å². The van der Waals surface area contributed by atoms with Crippen LogP contribution in [0, 0.1) is 0 Å². The van der Waals surface area contributed by atoms with Gasteiger partial charge in [0, 0.05) is 10.0 Å². The minimum Gasteiger partial charge on any atom is -0.508 e. The van der Waals surface area contributed by atoms with E-state index in [0.717, 1.165) is 21.8 Å². The molecule has 3 aromatic carbocycles. The second-order valence-corrected chi connectivity index (χ2v) is 9.60. The molecule has 0 aliphatic carbocycles. The Balaban J connectivity index is 1.59. The molecule has 2 aliphatic heterocycles. The number of phenolic OH excluding ortho intramolecular Hbond substituents is 1. The third-order valence-electron chi connectivity index (χ3n) is 5.03. The average Bonchev–Trinajstić information content (AvgIpc) is 3.29. The van der Waals surface area contributed by atoms with Crippen molar-refractivity contribution in [3.63, 3.8) is 0 Å². The predicted molar refractivity (Wildman–Crippen MR) is 139 cm³/mol. The van der Waals surface area contributed by atoms with Crippen LogP contribution in [0.25, 0.3) is 6.08 Å². The molecule has 1 fully saturated rings. The molecule has 5 rings (SSSR count). The molecular weight excluding hydrogens is 540 g/mol. The maximum Gasteiger partial charge on any atom is 0.276 e. The van der Waals surface area contributed by atoms with Crippen LogP contribution in [0.1, 0.15) is 11.1 Å². The van der Waals surface area contributed by atoms with Gasteiger partial charge in [0.2, 0.25) is 5.17 Å². The number of carbonyl (C=O) groups is 2. The zero-order valence-corrected chi connectivity index (χ0v) is 20.4. The SMILES string of the molecule is O=C1Nc2ccc(Br)cc2C1=NN=C1SC(=Cc2ccc(O)cc2)C(=O)N1c1ccccc1Cl. The Bertz CT molecular complexity index is 1440. The van der Waals surface area contributed by atoms with Gasteiger partial charge in [-0.1, -0.05) is 51.8 Å². The van der Waals surface area contributed by atoms with Crippen LogP contribution in [0.3, 0.4) is 0 Å². The third kappa shape index (κ3) is 4.25. The van der Waals surface area contributed by atoms with Gasteiger partial charge in [0.05, 0.1) is 21.3 Å². The molecule has 2 heterocycles. The minimum absolute atomic E-state index is 0.130. The molecule has 0 saturated carbocycles. The van der Waals surface area contributed by atoms with Gasteiger partial charge in [0.15, 0.2) is 5.71 Å². The molecule has 0 atom stereocenters. The van der Waals surface area contributed by atoms with Crippen molar-refractivity contribution in [3.05, 3.63) is 92.3 Å². The third-order valence-corrected chi connectivity index (χ3v) is 6.80. The van der Waals surface area contributed by atoms with Crippen LogP contribution >= 0.6 is 39.3 Å². The summed E-state index contributed by atoms with van der Waals surface area (Å²) in [7, 11) is 0. The molecular formula is C24H14BrClN4O3S. The lowest BCUT2D eigenvalue weighted by atomic mass is 10.1. The monoisotopic (exact) mass is 552 g/mol. The van der Waals surface area contributed by atoms with Gasteiger partial charge in [-0.2, -0.15) is 0 Å². The van der Waals surface area contributed by atoms with Crippen molar-refractivity contribution in [1.29, 1.82) is 0 Å². The quantitative estimate of drug-likeness (QED) is 0.324. The summed E-state index contributed by atoms with van der Waals surface area (Å²) in [4.78, 5) is 27.6. The lowest BCUT2D eigenvalue weighted by Crippen LogP contribution is -2.29. The largest absolute Gasteiger partial charge is 0.508 e. The zero-order valence-electron chi connectivity index (χ0n) is 17.2. The fourth-order valence-electron chi connectivity index (χ4n) is 3.43. The molecule has 3 aromatic rings. The second-order valence-electron chi connectivity index (χ2n) is 7.27. The van der Waals surface area contributed by atoms with E-state index in [-0.39, 0.29) is 28.4 Å². The fourth-order valence-corrected chi connectivity index (χ4v) is 4.93. The molecule has 10 heteroatoms. The van der Waals surface area contributed by atoms with E-state index in [1.807, 2.05) is 6.07 Å². The molecule has 0 spiro atoms. The summed E-state index contributed by atoms with van der Waals surface area (Å²) in [6.07, 6.45) is 1.70. The van der Waals surface area contributed by atoms with Gasteiger partial charge in [-0.25, -0.2) is 0 Å². The number of thioether (sulfide) groups is 1. The first-order chi connectivity index (χ1) is 16.4. The maximum absolute atomic E-state index is 13.4. The lowest BCUT2D eigenvalue weighted by molar-refractivity contribution is -0.113. The van der Waals surface area contributed by atoms with Crippen molar-refractivity contribution in [1.82, 2.24) is 0 Å². The number of benzene rings is 3. The molecule has 1 saturated heterocycles. The number of nitrogens with one attached hydrogen (secondary N) is 1. The first kappa shape index (κ1) is 22.4. The summed E-state index contributed by atoms with van der Waals surface area (Å²) in [5.41, 5.74) is 2.58. The van der Waals surface area contributed by atoms with E-state index in [9.17, 15) is 14.7 Å². The van der Waals surface area contributed by atoms with E-state index in [0.29, 0.717) is 26.9 Å². The van der Waals surface area contributed by atoms with Crippen LogP contribution in [-0.2, 0) is 9.59 Å². The number of phenols is 1. The maximum atomic E-state index is 13.4. The Morgan fingerprint density at radius 1 is 1.03 bits per heavy atom. The van der Waals surface area contributed by atoms with Gasteiger partial charge < -0.3 is 10.4 Å². The highest BCUT2D eigenvalue weighted by molar-refractivity contribution is 9.10. The Morgan fingerprint density at radius 3 is 2.56 bits per heavy atom. The van der Waals surface area contributed by atoms with Gasteiger partial charge in [-0.05, 0) is 65.9 Å². The number of halogens is 2. The summed E-state index contributed by atoms with van der Waals surface area (Å²) in [5, 5.41) is 21.4. The van der Waals surface area contributed by atoms with Gasteiger partial charge in [0.1, 0.15) is 5.75 Å². The second kappa shape index (κ2) is 9.09. The molecule has 0 unspecified atom stereocenters. The number of hydrogen-bond acceptors (Lipinski definition) is 6. The van der Waals surface area contributed by atoms with Crippen LogP contribution in [0.4, 0.5) is 11.4 Å². The average molecular weight is 554 g/mol. The number of carbonyl (C=O) groups excluding carboxylic acids is 2. The number of rotatable bonds is 3. The smallest absolute Gasteiger partial charge is 0.276 e. The highest BCUT2D eigenvalue weighted by Crippen LogP contribution is 2.39. The molecule has 0 radical (unpaired) electrons. The molecule has 2 aliphatic rings. The van der Waals surface area contributed by atoms with E-state index in [1.54, 1.807) is 54.6 Å². The molecule has 7 nitrogen and oxygen atoms in total. The highest BCUT2D eigenvalue weighted by atomic mass is 79.9. The number of para-hydroxylation sites is 1. The van der Waals surface area contributed by atoms with Crippen LogP contribution in [0.2, 0.25) is 5.02 Å². The van der Waals surface area contributed by atoms with Gasteiger partial charge in [0.25, 0.3) is 11.8 Å². The van der Waals surface area contributed by atoms with Crippen LogP contribution in [-0.4, -0.2) is 27.8 Å². The molecule has 0 aromatic heterocycles. The van der Waals surface area contributed by atoms with Crippen molar-refractivity contribution < 1.29 is 14.7 Å². The van der Waals surface area contributed by atoms with Gasteiger partial charge >= 0.3 is 0 Å². The topological polar surface area (TPSA) is 94.4 Å². The summed E-state index contributed by atoms with van der Waals surface area (Å²) >= 11 is 10.9. The minimum atomic E-state index is -0.379. The fraction of sp³-hybridized carbons (Fsp3) is 0. The molecule has 168 valence electrons. The first-order valence-corrected chi connectivity index (χ1v) is 11.9. The number of hydrogen-bond donors (Lipinski definition) is 2. The molecule has 34 heavy (non-hydrogen) atoms. The van der Waals surface area contributed by atoms with Crippen molar-refractivity contribution >= 4 is 79.4 Å². The van der Waals surface area contributed by atoms with E-state index >= 15 is 0 Å². The van der Waals surface area contributed by atoms with Crippen LogP contribution in [0.5, 0.6) is 5.75 Å². The zero-order chi connectivity index (χ0) is 23.8. The number of amides is 2. The summed E-state index contributed by atoms with van der Waals surface area (Å²) < 4.78 is 0.797. The standard InChI is InChI=1S/C24H14BrClN4O3S/c25-14-7-10-18-16(12-14)21(22(32)27-18)28-29-24-30(19-4-2-1-3-17(19)26)23(33)20(34-24)11-13-5-8-15(31)9-6-13/h1-12,31H,(H,27,28,32). The summed E-state index contributed by atoms with van der Waals surface area (Å²) in [5.74, 6) is -0.579. The normalized spacial score (nSPS) is 18.8. The van der Waals surface area contributed by atoms with E-state index in [4.69, 9.17) is 11.6 Å². The van der Waals surface area contributed by atoms with Crippen molar-refractivity contribution in [3.8, 4) is 5.75 Å². The predicted octanol–water partition coefficient (Wildman–Crippen LogP) is 5.64. The number of amidine groups is 1. The van der Waals surface area contributed by atoms with Crippen molar-refractivity contribution in [2.75, 3.05) is 10.2 Å².